The molecule has 0 bridgehead atoms. The average Bonchev–Trinajstić information content (AvgIpc) is 3.39. The molecule has 3 heterocycles. The van der Waals surface area contributed by atoms with Crippen LogP contribution < -0.4 is 10.6 Å². The number of esters is 1. The summed E-state index contributed by atoms with van der Waals surface area (Å²) < 4.78 is 5.55. The van der Waals surface area contributed by atoms with Crippen molar-refractivity contribution in [3.05, 3.63) is 44.6 Å². The summed E-state index contributed by atoms with van der Waals surface area (Å²) in [5, 5.41) is 21.1. The number of thiophene rings is 1. The molecule has 1 aliphatic carbocycles. The predicted molar refractivity (Wildman–Crippen MR) is 133 cm³/mol. The second kappa shape index (κ2) is 9.52. The lowest BCUT2D eigenvalue weighted by molar-refractivity contribution is -0.139. The van der Waals surface area contributed by atoms with Crippen molar-refractivity contribution in [3.63, 3.8) is 0 Å². The minimum absolute atomic E-state index is 0.0238. The van der Waals surface area contributed by atoms with Gasteiger partial charge in [-0.25, -0.2) is 0 Å². The molecule has 0 fully saturated rings. The Morgan fingerprint density at radius 3 is 2.82 bits per heavy atom. The van der Waals surface area contributed by atoms with Crippen molar-refractivity contribution in [3.8, 4) is 6.07 Å². The summed E-state index contributed by atoms with van der Waals surface area (Å²) >= 11 is 4.03. The Balaban J connectivity index is 1.80. The van der Waals surface area contributed by atoms with Gasteiger partial charge in [-0.1, -0.05) is 36.9 Å². The summed E-state index contributed by atoms with van der Waals surface area (Å²) in [6.07, 6.45) is 1.01. The molecule has 0 aromatic carbocycles. The second-order valence-corrected chi connectivity index (χ2v) is 12.0. The van der Waals surface area contributed by atoms with Crippen LogP contribution in [0.5, 0.6) is 0 Å². The van der Waals surface area contributed by atoms with Crippen LogP contribution in [0.1, 0.15) is 50.0 Å². The molecule has 11 heteroatoms. The highest BCUT2D eigenvalue weighted by Crippen LogP contribution is 2.51. The Bertz CT molecular complexity index is 1250. The van der Waals surface area contributed by atoms with Gasteiger partial charge in [-0.15, -0.1) is 21.5 Å². The quantitative estimate of drug-likeness (QED) is 0.437. The summed E-state index contributed by atoms with van der Waals surface area (Å²) in [4.78, 5) is 27.9. The molecule has 4 rings (SSSR count). The van der Waals surface area contributed by atoms with Crippen LogP contribution in [0.2, 0.25) is 0 Å². The molecule has 2 aromatic heterocycles. The number of ketones is 1. The fourth-order valence-corrected chi connectivity index (χ4v) is 7.07. The number of aryl methyl sites for hydroxylation is 1. The van der Waals surface area contributed by atoms with Gasteiger partial charge in [0.05, 0.1) is 29.9 Å². The lowest BCUT2D eigenvalue weighted by atomic mass is 9.69. The van der Waals surface area contributed by atoms with E-state index in [2.05, 4.69) is 30.1 Å². The van der Waals surface area contributed by atoms with E-state index in [9.17, 15) is 14.9 Å². The molecule has 2 aliphatic rings. The number of carbonyl (C=O) groups excluding carboxylic acids is 2. The Kier molecular flexibility index (Phi) is 6.85. The van der Waals surface area contributed by atoms with Gasteiger partial charge in [-0.2, -0.15) is 5.26 Å². The molecule has 2 aromatic rings. The SMILES string of the molecule is CCOC(=O)CSc1nnc(N2C(N)=C(C#N)C(c3sccc3C)C3=C2CC(C)(C)CC3=O)s1. The Morgan fingerprint density at radius 1 is 1.41 bits per heavy atom. The number of thioether (sulfide) groups is 1. The fourth-order valence-electron chi connectivity index (χ4n) is 4.34. The number of Topliss-reactive ketones (excluding diaryl/α,β-unsaturated/α-hetero) is 1. The van der Waals surface area contributed by atoms with Crippen LogP contribution in [-0.2, 0) is 14.3 Å². The maximum Gasteiger partial charge on any atom is 0.316 e. The number of hydrogen-bond acceptors (Lipinski definition) is 11. The van der Waals surface area contributed by atoms with Crippen LogP contribution in [-0.4, -0.2) is 34.3 Å². The first kappa shape index (κ1) is 24.4. The molecule has 8 nitrogen and oxygen atoms in total. The molecular formula is C23H25N5O3S3. The van der Waals surface area contributed by atoms with E-state index >= 15 is 0 Å². The van der Waals surface area contributed by atoms with E-state index in [-0.39, 0.29) is 28.7 Å². The molecule has 2 N–H and O–H groups in total. The predicted octanol–water partition coefficient (Wildman–Crippen LogP) is 4.50. The van der Waals surface area contributed by atoms with Gasteiger partial charge in [0, 0.05) is 22.6 Å². The second-order valence-electron chi connectivity index (χ2n) is 8.89. The van der Waals surface area contributed by atoms with Crippen LogP contribution in [0.15, 0.2) is 38.5 Å². The summed E-state index contributed by atoms with van der Waals surface area (Å²) in [7, 11) is 0. The summed E-state index contributed by atoms with van der Waals surface area (Å²) in [5.41, 5.74) is 9.12. The number of allylic oxidation sites excluding steroid dienone is 3. The number of ether oxygens (including phenoxy) is 1. The van der Waals surface area contributed by atoms with Gasteiger partial charge >= 0.3 is 5.97 Å². The van der Waals surface area contributed by atoms with E-state index in [4.69, 9.17) is 10.5 Å². The molecule has 1 atom stereocenters. The molecule has 0 radical (unpaired) electrons. The van der Waals surface area contributed by atoms with E-state index in [1.54, 1.807) is 11.8 Å². The lowest BCUT2D eigenvalue weighted by Crippen LogP contribution is -2.42. The third-order valence-electron chi connectivity index (χ3n) is 5.75. The van der Waals surface area contributed by atoms with Crippen LogP contribution in [0, 0.1) is 23.7 Å². The number of nitriles is 1. The monoisotopic (exact) mass is 515 g/mol. The molecule has 1 aliphatic heterocycles. The van der Waals surface area contributed by atoms with Gasteiger partial charge < -0.3 is 10.5 Å². The fraction of sp³-hybridized carbons (Fsp3) is 0.435. The van der Waals surface area contributed by atoms with E-state index in [1.165, 1.54) is 34.4 Å². The van der Waals surface area contributed by atoms with Gasteiger partial charge in [0.15, 0.2) is 10.1 Å². The van der Waals surface area contributed by atoms with Crippen LogP contribution in [0.4, 0.5) is 5.13 Å². The normalized spacial score (nSPS) is 19.8. The zero-order valence-electron chi connectivity index (χ0n) is 19.4. The molecule has 1 unspecified atom stereocenters. The summed E-state index contributed by atoms with van der Waals surface area (Å²) in [5.74, 6) is -0.396. The topological polar surface area (TPSA) is 122 Å². The first-order valence-electron chi connectivity index (χ1n) is 10.8. The number of anilines is 1. The molecule has 0 saturated carbocycles. The van der Waals surface area contributed by atoms with Crippen LogP contribution in [0.25, 0.3) is 0 Å². The molecule has 0 spiro atoms. The number of carbonyl (C=O) groups is 2. The number of nitrogens with two attached hydrogens (primary N) is 1. The third-order valence-corrected chi connectivity index (χ3v) is 8.85. The summed E-state index contributed by atoms with van der Waals surface area (Å²) in [6, 6.07) is 4.27. The first-order valence-corrected chi connectivity index (χ1v) is 13.5. The molecule has 178 valence electrons. The van der Waals surface area contributed by atoms with Crippen molar-refractivity contribution >= 4 is 51.3 Å². The maximum absolute atomic E-state index is 13.5. The van der Waals surface area contributed by atoms with Crippen molar-refractivity contribution in [1.29, 1.82) is 5.26 Å². The van der Waals surface area contributed by atoms with Gasteiger partial charge in [0.2, 0.25) is 5.13 Å². The Labute approximate surface area is 210 Å². The van der Waals surface area contributed by atoms with Crippen molar-refractivity contribution in [2.45, 2.75) is 50.8 Å². The van der Waals surface area contributed by atoms with Crippen molar-refractivity contribution < 1.29 is 14.3 Å². The van der Waals surface area contributed by atoms with E-state index in [0.29, 0.717) is 40.1 Å². The Hall–Kier alpha value is -2.68. The van der Waals surface area contributed by atoms with Crippen molar-refractivity contribution in [1.82, 2.24) is 10.2 Å². The van der Waals surface area contributed by atoms with Crippen LogP contribution >= 0.6 is 34.4 Å². The minimum Gasteiger partial charge on any atom is -0.465 e. The highest BCUT2D eigenvalue weighted by Gasteiger charge is 2.46. The number of rotatable bonds is 6. The van der Waals surface area contributed by atoms with Gasteiger partial charge in [0.25, 0.3) is 0 Å². The average molecular weight is 516 g/mol. The zero-order chi connectivity index (χ0) is 24.6. The number of hydrogen-bond donors (Lipinski definition) is 1. The van der Waals surface area contributed by atoms with Crippen molar-refractivity contribution in [2.24, 2.45) is 11.1 Å². The van der Waals surface area contributed by atoms with Gasteiger partial charge in [-0.3, -0.25) is 14.5 Å². The summed E-state index contributed by atoms with van der Waals surface area (Å²) in [6.45, 7) is 8.17. The highest BCUT2D eigenvalue weighted by atomic mass is 32.2. The first-order chi connectivity index (χ1) is 16.2. The van der Waals surface area contributed by atoms with E-state index < -0.39 is 5.92 Å². The largest absolute Gasteiger partial charge is 0.465 e. The highest BCUT2D eigenvalue weighted by molar-refractivity contribution is 8.01. The lowest BCUT2D eigenvalue weighted by Gasteiger charge is -2.42. The molecule has 0 saturated heterocycles. The van der Waals surface area contributed by atoms with Crippen molar-refractivity contribution in [2.75, 3.05) is 17.3 Å². The Morgan fingerprint density at radius 2 is 2.18 bits per heavy atom. The third kappa shape index (κ3) is 4.50. The number of nitrogens with zero attached hydrogens (tertiary/aromatic N) is 4. The van der Waals surface area contributed by atoms with E-state index in [1.807, 2.05) is 18.4 Å². The zero-order valence-corrected chi connectivity index (χ0v) is 21.8. The molecular weight excluding hydrogens is 490 g/mol. The van der Waals surface area contributed by atoms with Gasteiger partial charge in [-0.05, 0) is 42.7 Å². The smallest absolute Gasteiger partial charge is 0.316 e. The molecule has 34 heavy (non-hydrogen) atoms. The number of aromatic nitrogens is 2. The van der Waals surface area contributed by atoms with Gasteiger partial charge in [0.1, 0.15) is 5.82 Å². The standard InChI is InChI=1S/C23H25N5O3S3/c1-5-31-16(30)11-33-22-27-26-21(34-22)28-14-8-23(3,4)9-15(29)18(14)17(13(10-24)20(28)25)19-12(2)6-7-32-19/h6-7,17H,5,8-9,11,25H2,1-4H3. The maximum atomic E-state index is 13.5. The van der Waals surface area contributed by atoms with Crippen LogP contribution in [0.3, 0.4) is 0 Å². The van der Waals surface area contributed by atoms with E-state index in [0.717, 1.165) is 16.1 Å². The minimum atomic E-state index is -0.481. The molecule has 0 amide bonds.